The van der Waals surface area contributed by atoms with Crippen LogP contribution in [0.4, 0.5) is 0 Å². The fourth-order valence-electron chi connectivity index (χ4n) is 4.90. The minimum absolute atomic E-state index is 0.239. The molecule has 0 aliphatic carbocycles. The summed E-state index contributed by atoms with van der Waals surface area (Å²) in [6.07, 6.45) is 27.7. The first-order valence-electron chi connectivity index (χ1n) is 14.8. The van der Waals surface area contributed by atoms with E-state index < -0.39 is 10.5 Å². The summed E-state index contributed by atoms with van der Waals surface area (Å²) < 4.78 is 29.0. The molecule has 0 saturated carbocycles. The molecule has 1 radical (unpaired) electrons. The lowest BCUT2D eigenvalue weighted by Gasteiger charge is -2.09. The van der Waals surface area contributed by atoms with Gasteiger partial charge in [-0.3, -0.25) is 0 Å². The molecule has 1 aromatic rings. The Bertz CT molecular complexity index is 680. The van der Waals surface area contributed by atoms with Gasteiger partial charge < -0.3 is 0 Å². The summed E-state index contributed by atoms with van der Waals surface area (Å²) in [4.78, 5) is 0.239. The van der Waals surface area contributed by atoms with Crippen LogP contribution in [-0.2, 0) is 36.4 Å². The van der Waals surface area contributed by atoms with Crippen molar-refractivity contribution in [2.45, 2.75) is 160 Å². The molecule has 1 unspecified atom stereocenters. The lowest BCUT2D eigenvalue weighted by molar-refractivity contribution is 0.261. The van der Waals surface area contributed by atoms with Crippen molar-refractivity contribution in [3.8, 4) is 0 Å². The topological polar surface area (TPSA) is 72.2 Å². The first-order valence-corrected chi connectivity index (χ1v) is 16.2. The molecule has 0 spiro atoms. The SMILES string of the molecule is CCCCCCCCCCCCc1ccc([S+]([O])(=O)ON)c(CCCCCCCCCCCC)c1. The van der Waals surface area contributed by atoms with Crippen molar-refractivity contribution < 1.29 is 13.0 Å². The fourth-order valence-corrected chi connectivity index (χ4v) is 5.72. The van der Waals surface area contributed by atoms with E-state index in [2.05, 4.69) is 24.2 Å². The summed E-state index contributed by atoms with van der Waals surface area (Å²) in [5, 5.41) is 0. The predicted octanol–water partition coefficient (Wildman–Crippen LogP) is 9.62. The maximum atomic E-state index is 12.3. The Hall–Kier alpha value is -0.750. The number of benzene rings is 1. The maximum absolute atomic E-state index is 12.3. The molecular weight excluding hydrogens is 454 g/mol. The van der Waals surface area contributed by atoms with Gasteiger partial charge in [0.2, 0.25) is 4.90 Å². The van der Waals surface area contributed by atoms with Crippen LogP contribution in [0.5, 0.6) is 0 Å². The highest BCUT2D eigenvalue weighted by molar-refractivity contribution is 7.93. The van der Waals surface area contributed by atoms with Crippen molar-refractivity contribution in [1.82, 2.24) is 0 Å². The molecule has 0 aliphatic rings. The molecule has 0 aliphatic heterocycles. The molecule has 0 amide bonds. The second-order valence-corrected chi connectivity index (χ2v) is 11.9. The van der Waals surface area contributed by atoms with Gasteiger partial charge in [0.1, 0.15) is 0 Å². The van der Waals surface area contributed by atoms with Crippen LogP contribution in [0, 0.1) is 0 Å². The minimum atomic E-state index is -3.87. The summed E-state index contributed by atoms with van der Waals surface area (Å²) in [6, 6.07) is 5.70. The van der Waals surface area contributed by atoms with Gasteiger partial charge >= 0.3 is 10.5 Å². The van der Waals surface area contributed by atoms with Gasteiger partial charge in [0.25, 0.3) is 0 Å². The highest BCUT2D eigenvalue weighted by Crippen LogP contribution is 2.26. The molecule has 203 valence electrons. The van der Waals surface area contributed by atoms with Crippen molar-refractivity contribution in [2.24, 2.45) is 5.90 Å². The molecular formula is C30H55NO3S+. The Balaban J connectivity index is 2.37. The van der Waals surface area contributed by atoms with Crippen LogP contribution in [0.3, 0.4) is 0 Å². The van der Waals surface area contributed by atoms with E-state index in [1.165, 1.54) is 115 Å². The zero-order chi connectivity index (χ0) is 25.6. The van der Waals surface area contributed by atoms with Gasteiger partial charge in [0.05, 0.1) is 4.55 Å². The molecule has 1 atom stereocenters. The minimum Gasteiger partial charge on any atom is -0.160 e. The first kappa shape index (κ1) is 32.3. The number of hydrogen-bond donors (Lipinski definition) is 1. The second kappa shape index (κ2) is 21.3. The van der Waals surface area contributed by atoms with Crippen molar-refractivity contribution in [3.05, 3.63) is 29.3 Å². The molecule has 0 fully saturated rings. The smallest absolute Gasteiger partial charge is 0.160 e. The average Bonchev–Trinajstić information content (AvgIpc) is 2.86. The summed E-state index contributed by atoms with van der Waals surface area (Å²) in [5.41, 5.74) is 2.09. The Morgan fingerprint density at radius 1 is 0.629 bits per heavy atom. The zero-order valence-corrected chi connectivity index (χ0v) is 23.8. The largest absolute Gasteiger partial charge is 0.447 e. The number of unbranched alkanes of at least 4 members (excludes halogenated alkanes) is 18. The van der Waals surface area contributed by atoms with E-state index in [-0.39, 0.29) is 4.90 Å². The van der Waals surface area contributed by atoms with E-state index in [1.54, 1.807) is 6.07 Å². The summed E-state index contributed by atoms with van der Waals surface area (Å²) >= 11 is 0. The molecule has 0 heterocycles. The van der Waals surface area contributed by atoms with Gasteiger partial charge in [0.15, 0.2) is 0 Å². The van der Waals surface area contributed by atoms with Crippen molar-refractivity contribution in [1.29, 1.82) is 0 Å². The van der Waals surface area contributed by atoms with Crippen LogP contribution in [0.2, 0.25) is 0 Å². The third-order valence-electron chi connectivity index (χ3n) is 7.14. The quantitative estimate of drug-likeness (QED) is 0.0856. The highest BCUT2D eigenvalue weighted by atomic mass is 32.3. The Labute approximate surface area is 218 Å². The van der Waals surface area contributed by atoms with Crippen molar-refractivity contribution in [2.75, 3.05) is 0 Å². The Morgan fingerprint density at radius 2 is 1.03 bits per heavy atom. The van der Waals surface area contributed by atoms with Gasteiger partial charge in [0, 0.05) is 11.6 Å². The molecule has 0 bridgehead atoms. The van der Waals surface area contributed by atoms with E-state index in [4.69, 9.17) is 5.90 Å². The number of rotatable bonds is 24. The van der Waals surface area contributed by atoms with E-state index >= 15 is 0 Å². The third-order valence-corrected chi connectivity index (χ3v) is 8.33. The highest BCUT2D eigenvalue weighted by Gasteiger charge is 2.37. The normalized spacial score (nSPS) is 13.3. The van der Waals surface area contributed by atoms with Crippen LogP contribution in [0.25, 0.3) is 0 Å². The molecule has 5 heteroatoms. The van der Waals surface area contributed by atoms with Gasteiger partial charge in [-0.1, -0.05) is 142 Å². The van der Waals surface area contributed by atoms with E-state index in [1.807, 2.05) is 6.07 Å². The van der Waals surface area contributed by atoms with Crippen LogP contribution < -0.4 is 5.90 Å². The number of hydrogen-bond acceptors (Lipinski definition) is 3. The van der Waals surface area contributed by atoms with Gasteiger partial charge in [-0.05, 0) is 39.7 Å². The lowest BCUT2D eigenvalue weighted by atomic mass is 9.99. The molecule has 0 saturated heterocycles. The molecule has 1 rings (SSSR count). The summed E-state index contributed by atoms with van der Waals surface area (Å²) in [6.45, 7) is 4.52. The van der Waals surface area contributed by atoms with Crippen molar-refractivity contribution >= 4 is 10.5 Å². The molecule has 35 heavy (non-hydrogen) atoms. The molecule has 1 aromatic carbocycles. The monoisotopic (exact) mass is 509 g/mol. The third kappa shape index (κ3) is 15.9. The Morgan fingerprint density at radius 3 is 1.46 bits per heavy atom. The van der Waals surface area contributed by atoms with E-state index in [0.717, 1.165) is 37.7 Å². The number of aryl methyl sites for hydroxylation is 2. The van der Waals surface area contributed by atoms with E-state index in [0.29, 0.717) is 0 Å². The molecule has 0 aromatic heterocycles. The standard InChI is InChI=1S/C30H55NO3S/c1-3-5-7-9-11-13-15-17-19-21-23-28-25-26-30(35(32,33)34-31)29(27-28)24-22-20-18-16-14-12-10-8-6-4-2/h25-27H,3-24,31H2,1-2H3/q+1. The number of nitrogens with two attached hydrogens (primary N) is 1. The fraction of sp³-hybridized carbons (Fsp3) is 0.800. The van der Waals surface area contributed by atoms with Gasteiger partial charge in [-0.2, -0.15) is 5.90 Å². The molecule has 2 N–H and O–H groups in total. The maximum Gasteiger partial charge on any atom is 0.447 e. The zero-order valence-electron chi connectivity index (χ0n) is 23.0. The van der Waals surface area contributed by atoms with Gasteiger partial charge in [-0.25, -0.2) is 0 Å². The van der Waals surface area contributed by atoms with Crippen LogP contribution in [-0.4, -0.2) is 0 Å². The van der Waals surface area contributed by atoms with Crippen LogP contribution in [0.1, 0.15) is 153 Å². The summed E-state index contributed by atoms with van der Waals surface area (Å²) in [5.74, 6) is 5.08. The molecule has 4 nitrogen and oxygen atoms in total. The summed E-state index contributed by atoms with van der Waals surface area (Å²) in [7, 11) is -3.87. The van der Waals surface area contributed by atoms with Gasteiger partial charge in [-0.15, -0.1) is 0 Å². The van der Waals surface area contributed by atoms with Crippen molar-refractivity contribution in [3.63, 3.8) is 0 Å². The predicted molar refractivity (Wildman–Crippen MR) is 150 cm³/mol. The Kier molecular flexibility index (Phi) is 19.7. The van der Waals surface area contributed by atoms with Crippen LogP contribution in [0.15, 0.2) is 23.1 Å². The van der Waals surface area contributed by atoms with Crippen LogP contribution >= 0.6 is 0 Å². The average molecular weight is 510 g/mol. The lowest BCUT2D eigenvalue weighted by Crippen LogP contribution is -2.19. The first-order chi connectivity index (χ1) is 17.0. The second-order valence-electron chi connectivity index (χ2n) is 10.4. The van der Waals surface area contributed by atoms with E-state index in [9.17, 15) is 8.76 Å².